The van der Waals surface area contributed by atoms with Crippen LogP contribution in [0.2, 0.25) is 0 Å². The number of pyridine rings is 2. The highest BCUT2D eigenvalue weighted by Gasteiger charge is 2.32. The maximum atomic E-state index is 13.4. The number of nitrogens with one attached hydrogen (secondary N) is 1. The minimum absolute atomic E-state index is 0.163. The number of nitrogens with zero attached hydrogens (tertiary/aromatic N) is 5. The minimum Gasteiger partial charge on any atom is -0.354 e. The first-order valence-corrected chi connectivity index (χ1v) is 9.03. The highest BCUT2D eigenvalue weighted by Crippen LogP contribution is 2.28. The lowest BCUT2D eigenvalue weighted by Crippen LogP contribution is -2.24. The molecule has 3 aromatic heterocycles. The van der Waals surface area contributed by atoms with Crippen molar-refractivity contribution in [3.8, 4) is 5.69 Å². The zero-order chi connectivity index (χ0) is 19.3. The average molecular weight is 380 g/mol. The first-order chi connectivity index (χ1) is 13.6. The van der Waals surface area contributed by atoms with Gasteiger partial charge >= 0.3 is 0 Å². The van der Waals surface area contributed by atoms with Gasteiger partial charge in [-0.2, -0.15) is 5.10 Å². The first-order valence-electron chi connectivity index (χ1n) is 9.03. The third-order valence-corrected chi connectivity index (χ3v) is 5.11. The van der Waals surface area contributed by atoms with E-state index in [4.69, 9.17) is 0 Å². The molecule has 0 saturated carbocycles. The summed E-state index contributed by atoms with van der Waals surface area (Å²) in [6, 6.07) is 6.70. The van der Waals surface area contributed by atoms with Gasteiger partial charge in [0.25, 0.3) is 5.91 Å². The average Bonchev–Trinajstić information content (AvgIpc) is 3.39. The number of H-pyrrole nitrogens is 1. The number of carbonyl (C=O) groups is 1. The fourth-order valence-electron chi connectivity index (χ4n) is 3.61. The van der Waals surface area contributed by atoms with Gasteiger partial charge in [-0.25, -0.2) is 14.1 Å². The molecule has 2 aliphatic heterocycles. The van der Waals surface area contributed by atoms with Gasteiger partial charge in [0.05, 0.1) is 41.9 Å². The molecule has 0 spiro atoms. The molecule has 0 unspecified atom stereocenters. The molecule has 1 fully saturated rings. The Morgan fingerprint density at radius 3 is 2.64 bits per heavy atom. The summed E-state index contributed by atoms with van der Waals surface area (Å²) in [4.78, 5) is 34.4. The summed E-state index contributed by atoms with van der Waals surface area (Å²) in [5.74, 6) is 0.577. The lowest BCUT2D eigenvalue weighted by atomic mass is 10.3. The second-order valence-electron chi connectivity index (χ2n) is 6.94. The van der Waals surface area contributed by atoms with Gasteiger partial charge in [0.1, 0.15) is 12.0 Å². The Morgan fingerprint density at radius 1 is 1.14 bits per heavy atom. The molecule has 142 valence electrons. The van der Waals surface area contributed by atoms with Crippen LogP contribution in [0.3, 0.4) is 0 Å². The number of rotatable bonds is 3. The van der Waals surface area contributed by atoms with Crippen LogP contribution in [0.5, 0.6) is 0 Å². The van der Waals surface area contributed by atoms with Crippen LogP contribution < -0.4 is 15.4 Å². The van der Waals surface area contributed by atoms with Crippen LogP contribution in [-0.4, -0.2) is 44.9 Å². The maximum Gasteiger partial charge on any atom is 0.262 e. The Labute approximate surface area is 159 Å². The molecule has 1 N–H and O–H groups in total. The number of fused-ring (bicyclic) bond motifs is 1. The van der Waals surface area contributed by atoms with Gasteiger partial charge in [-0.15, -0.1) is 0 Å². The van der Waals surface area contributed by atoms with E-state index in [0.717, 1.165) is 11.5 Å². The molecule has 0 bridgehead atoms. The first kappa shape index (κ1) is 16.7. The molecule has 5 rings (SSSR count). The number of aromatic nitrogens is 4. The topological polar surface area (TPSA) is 87.1 Å². The summed E-state index contributed by atoms with van der Waals surface area (Å²) in [5, 5.41) is 4.51. The fourth-order valence-corrected chi connectivity index (χ4v) is 3.61. The van der Waals surface area contributed by atoms with Gasteiger partial charge in [-0.3, -0.25) is 9.59 Å². The van der Waals surface area contributed by atoms with Crippen molar-refractivity contribution in [2.45, 2.75) is 19.1 Å². The molecule has 8 nitrogen and oxygen atoms in total. The zero-order valence-corrected chi connectivity index (χ0v) is 14.9. The number of amides is 1. The van der Waals surface area contributed by atoms with E-state index in [2.05, 4.69) is 15.1 Å². The molecular weight excluding hydrogens is 363 g/mol. The van der Waals surface area contributed by atoms with Crippen LogP contribution in [0.1, 0.15) is 22.5 Å². The maximum absolute atomic E-state index is 13.4. The number of anilines is 2. The number of alkyl halides is 1. The van der Waals surface area contributed by atoms with Gasteiger partial charge in [0.15, 0.2) is 0 Å². The van der Waals surface area contributed by atoms with E-state index in [-0.39, 0.29) is 11.5 Å². The van der Waals surface area contributed by atoms with Gasteiger partial charge < -0.3 is 14.8 Å². The van der Waals surface area contributed by atoms with Crippen LogP contribution >= 0.6 is 0 Å². The van der Waals surface area contributed by atoms with Crippen molar-refractivity contribution >= 4 is 17.4 Å². The number of halogens is 1. The molecule has 2 aliphatic rings. The number of aromatic amines is 1. The summed E-state index contributed by atoms with van der Waals surface area (Å²) in [7, 11) is 0. The van der Waals surface area contributed by atoms with Crippen molar-refractivity contribution in [3.63, 3.8) is 0 Å². The van der Waals surface area contributed by atoms with Gasteiger partial charge in [-0.05, 0) is 24.6 Å². The van der Waals surface area contributed by atoms with Crippen molar-refractivity contribution in [2.24, 2.45) is 0 Å². The third-order valence-electron chi connectivity index (χ3n) is 5.11. The standard InChI is InChI=1S/C19H17FN6O2/c20-12-5-6-24(9-12)17-3-1-14(8-21-17)26-10-15-16(23-26)11-25(19(15)28)13-2-4-18(27)22-7-13/h1-4,7-8,10,12H,5-6,9,11H2,(H,22,27)/t12-/m1/s1. The van der Waals surface area contributed by atoms with Crippen molar-refractivity contribution < 1.29 is 9.18 Å². The van der Waals surface area contributed by atoms with Crippen LogP contribution in [0, 0.1) is 0 Å². The molecule has 1 amide bonds. The predicted octanol–water partition coefficient (Wildman–Crippen LogP) is 1.66. The summed E-state index contributed by atoms with van der Waals surface area (Å²) in [6.45, 7) is 1.38. The Balaban J connectivity index is 1.37. The van der Waals surface area contributed by atoms with Gasteiger partial charge in [-0.1, -0.05) is 0 Å². The van der Waals surface area contributed by atoms with Crippen LogP contribution in [0.25, 0.3) is 5.69 Å². The van der Waals surface area contributed by atoms with E-state index < -0.39 is 6.17 Å². The SMILES string of the molecule is O=C1c2cn(-c3ccc(N4CC[C@@H](F)C4)nc3)nc2CN1c1ccc(=O)[nH]c1. The van der Waals surface area contributed by atoms with Gasteiger partial charge in [0, 0.05) is 25.0 Å². The number of hydrogen-bond acceptors (Lipinski definition) is 5. The minimum atomic E-state index is -0.799. The molecule has 0 radical (unpaired) electrons. The van der Waals surface area contributed by atoms with E-state index in [1.54, 1.807) is 28.0 Å². The van der Waals surface area contributed by atoms with E-state index in [9.17, 15) is 14.0 Å². The van der Waals surface area contributed by atoms with Crippen molar-refractivity contribution in [1.82, 2.24) is 19.7 Å². The highest BCUT2D eigenvalue weighted by atomic mass is 19.1. The van der Waals surface area contributed by atoms with Crippen LogP contribution in [0.4, 0.5) is 15.9 Å². The molecule has 0 aliphatic carbocycles. The van der Waals surface area contributed by atoms with E-state index in [1.165, 1.54) is 12.3 Å². The molecule has 28 heavy (non-hydrogen) atoms. The Bertz CT molecular complexity index is 1090. The zero-order valence-electron chi connectivity index (χ0n) is 14.9. The second-order valence-corrected chi connectivity index (χ2v) is 6.94. The second kappa shape index (κ2) is 6.29. The molecule has 9 heteroatoms. The molecule has 3 aromatic rings. The van der Waals surface area contributed by atoms with Crippen molar-refractivity contribution in [3.05, 3.63) is 64.5 Å². The summed E-state index contributed by atoms with van der Waals surface area (Å²) in [5.41, 5.74) is 2.33. The monoisotopic (exact) mass is 380 g/mol. The Morgan fingerprint density at radius 2 is 2.00 bits per heavy atom. The summed E-state index contributed by atoms with van der Waals surface area (Å²) < 4.78 is 15.0. The number of carbonyl (C=O) groups excluding carboxylic acids is 1. The van der Waals surface area contributed by atoms with E-state index >= 15 is 0 Å². The fraction of sp³-hybridized carbons (Fsp3) is 0.263. The molecule has 1 atom stereocenters. The molecule has 1 saturated heterocycles. The van der Waals surface area contributed by atoms with Crippen LogP contribution in [-0.2, 0) is 6.54 Å². The van der Waals surface area contributed by atoms with E-state index in [1.807, 2.05) is 17.0 Å². The van der Waals surface area contributed by atoms with Crippen molar-refractivity contribution in [2.75, 3.05) is 22.9 Å². The lowest BCUT2D eigenvalue weighted by Gasteiger charge is -2.16. The third kappa shape index (κ3) is 2.75. The van der Waals surface area contributed by atoms with Crippen LogP contribution in [0.15, 0.2) is 47.7 Å². The quantitative estimate of drug-likeness (QED) is 0.747. The highest BCUT2D eigenvalue weighted by molar-refractivity contribution is 6.09. The van der Waals surface area contributed by atoms with E-state index in [0.29, 0.717) is 43.0 Å². The molecular formula is C19H17FN6O2. The lowest BCUT2D eigenvalue weighted by molar-refractivity contribution is 0.0996. The smallest absolute Gasteiger partial charge is 0.262 e. The normalized spacial score (nSPS) is 18.8. The molecule has 5 heterocycles. The Hall–Kier alpha value is -3.49. The predicted molar refractivity (Wildman–Crippen MR) is 101 cm³/mol. The van der Waals surface area contributed by atoms with Gasteiger partial charge in [0.2, 0.25) is 5.56 Å². The molecule has 0 aromatic carbocycles. The summed E-state index contributed by atoms with van der Waals surface area (Å²) in [6.07, 6.45) is 4.61. The largest absolute Gasteiger partial charge is 0.354 e. The number of hydrogen-bond donors (Lipinski definition) is 1. The van der Waals surface area contributed by atoms with Crippen molar-refractivity contribution in [1.29, 1.82) is 0 Å². The summed E-state index contributed by atoms with van der Waals surface area (Å²) >= 11 is 0. The Kier molecular flexibility index (Phi) is 3.75.